The van der Waals surface area contributed by atoms with Crippen molar-refractivity contribution in [2.24, 2.45) is 0 Å². The number of benzene rings is 2. The Labute approximate surface area is 138 Å². The fraction of sp³-hybridized carbons (Fsp3) is 0.0625. The Morgan fingerprint density at radius 2 is 1.81 bits per heavy atom. The highest BCUT2D eigenvalue weighted by atomic mass is 79.9. The highest BCUT2D eigenvalue weighted by Crippen LogP contribution is 2.32. The maximum absolute atomic E-state index is 13.6. The van der Waals surface area contributed by atoms with Gasteiger partial charge in [0, 0.05) is 11.8 Å². The summed E-state index contributed by atoms with van der Waals surface area (Å²) in [5, 5.41) is 4.36. The average molecular weight is 410 g/mol. The van der Waals surface area contributed by atoms with Crippen molar-refractivity contribution in [2.45, 2.75) is 4.83 Å². The number of aromatic nitrogens is 2. The molecule has 0 aliphatic rings. The van der Waals surface area contributed by atoms with Crippen LogP contribution in [0, 0.1) is 5.82 Å². The molecule has 0 fully saturated rings. The summed E-state index contributed by atoms with van der Waals surface area (Å²) < 4.78 is 15.9. The fourth-order valence-electron chi connectivity index (χ4n) is 2.05. The second-order valence-electron chi connectivity index (χ2n) is 4.59. The van der Waals surface area contributed by atoms with Crippen LogP contribution in [0.25, 0.3) is 5.69 Å². The van der Waals surface area contributed by atoms with E-state index in [0.717, 1.165) is 16.8 Å². The van der Waals surface area contributed by atoms with Crippen molar-refractivity contribution in [2.75, 3.05) is 0 Å². The third-order valence-electron chi connectivity index (χ3n) is 3.15. The summed E-state index contributed by atoms with van der Waals surface area (Å²) in [5.74, 6) is -0.271. The van der Waals surface area contributed by atoms with E-state index in [4.69, 9.17) is 0 Å². The molecule has 0 spiro atoms. The van der Waals surface area contributed by atoms with E-state index in [1.54, 1.807) is 16.9 Å². The SMILES string of the molecule is Fc1cc(C(Br)c2cnn(-c3ccccc3)c2)ccc1Br. The quantitative estimate of drug-likeness (QED) is 0.539. The Bertz CT molecular complexity index is 756. The number of nitrogens with zero attached hydrogens (tertiary/aromatic N) is 2. The number of halogens is 3. The van der Waals surface area contributed by atoms with Gasteiger partial charge in [0.1, 0.15) is 5.82 Å². The van der Waals surface area contributed by atoms with Gasteiger partial charge in [-0.1, -0.05) is 40.2 Å². The largest absolute Gasteiger partial charge is 0.241 e. The summed E-state index contributed by atoms with van der Waals surface area (Å²) in [7, 11) is 0. The molecule has 2 aromatic carbocycles. The second-order valence-corrected chi connectivity index (χ2v) is 6.36. The van der Waals surface area contributed by atoms with Gasteiger partial charge in [-0.3, -0.25) is 0 Å². The molecule has 0 radical (unpaired) electrons. The van der Waals surface area contributed by atoms with Gasteiger partial charge in [-0.05, 0) is 45.8 Å². The molecule has 1 unspecified atom stereocenters. The fourth-order valence-corrected chi connectivity index (χ4v) is 2.82. The van der Waals surface area contributed by atoms with E-state index in [1.807, 2.05) is 42.6 Å². The van der Waals surface area contributed by atoms with E-state index in [2.05, 4.69) is 37.0 Å². The Kier molecular flexibility index (Phi) is 4.22. The van der Waals surface area contributed by atoms with Crippen LogP contribution in [-0.2, 0) is 0 Å². The molecule has 0 aliphatic carbocycles. The van der Waals surface area contributed by atoms with E-state index in [1.165, 1.54) is 6.07 Å². The van der Waals surface area contributed by atoms with Gasteiger partial charge < -0.3 is 0 Å². The molecule has 0 saturated heterocycles. The van der Waals surface area contributed by atoms with Crippen molar-refractivity contribution in [3.05, 3.63) is 82.3 Å². The van der Waals surface area contributed by atoms with Gasteiger partial charge >= 0.3 is 0 Å². The molecule has 0 saturated carbocycles. The first-order valence-corrected chi connectivity index (χ1v) is 8.05. The Balaban J connectivity index is 1.90. The van der Waals surface area contributed by atoms with E-state index in [0.29, 0.717) is 4.47 Å². The molecule has 2 nitrogen and oxygen atoms in total. The number of alkyl halides is 1. The number of hydrogen-bond donors (Lipinski definition) is 0. The minimum absolute atomic E-state index is 0.0995. The van der Waals surface area contributed by atoms with E-state index in [-0.39, 0.29) is 10.6 Å². The van der Waals surface area contributed by atoms with Crippen molar-refractivity contribution >= 4 is 31.9 Å². The molecule has 0 bridgehead atoms. The maximum atomic E-state index is 13.6. The van der Waals surface area contributed by atoms with E-state index < -0.39 is 0 Å². The predicted molar refractivity (Wildman–Crippen MR) is 88.4 cm³/mol. The average Bonchev–Trinajstić information content (AvgIpc) is 3.00. The third kappa shape index (κ3) is 3.09. The minimum Gasteiger partial charge on any atom is -0.241 e. The maximum Gasteiger partial charge on any atom is 0.137 e. The van der Waals surface area contributed by atoms with Crippen LogP contribution < -0.4 is 0 Å². The Morgan fingerprint density at radius 3 is 2.52 bits per heavy atom. The molecule has 3 aromatic rings. The van der Waals surface area contributed by atoms with Gasteiger partial charge in [-0.2, -0.15) is 5.10 Å². The van der Waals surface area contributed by atoms with Crippen molar-refractivity contribution in [3.8, 4) is 5.69 Å². The van der Waals surface area contributed by atoms with Gasteiger partial charge in [0.25, 0.3) is 0 Å². The lowest BCUT2D eigenvalue weighted by atomic mass is 10.1. The minimum atomic E-state index is -0.271. The monoisotopic (exact) mass is 408 g/mol. The molecule has 0 N–H and O–H groups in total. The highest BCUT2D eigenvalue weighted by molar-refractivity contribution is 9.10. The molecule has 1 aromatic heterocycles. The van der Waals surface area contributed by atoms with Crippen molar-refractivity contribution in [1.29, 1.82) is 0 Å². The molecule has 0 aliphatic heterocycles. The van der Waals surface area contributed by atoms with Crippen molar-refractivity contribution < 1.29 is 4.39 Å². The normalized spacial score (nSPS) is 12.3. The van der Waals surface area contributed by atoms with E-state index >= 15 is 0 Å². The van der Waals surface area contributed by atoms with E-state index in [9.17, 15) is 4.39 Å². The first kappa shape index (κ1) is 14.5. The number of rotatable bonds is 3. The smallest absolute Gasteiger partial charge is 0.137 e. The molecule has 1 atom stereocenters. The van der Waals surface area contributed by atoms with Crippen molar-refractivity contribution in [3.63, 3.8) is 0 Å². The summed E-state index contributed by atoms with van der Waals surface area (Å²) in [6.45, 7) is 0. The number of hydrogen-bond acceptors (Lipinski definition) is 1. The molecule has 0 amide bonds. The summed E-state index contributed by atoms with van der Waals surface area (Å²) in [4.78, 5) is -0.0995. The van der Waals surface area contributed by atoms with Crippen molar-refractivity contribution in [1.82, 2.24) is 9.78 Å². The number of para-hydroxylation sites is 1. The predicted octanol–water partition coefficient (Wildman–Crippen LogP) is 5.26. The van der Waals surface area contributed by atoms with Crippen LogP contribution in [0.15, 0.2) is 65.4 Å². The molecule has 1 heterocycles. The van der Waals surface area contributed by atoms with Gasteiger partial charge in [-0.25, -0.2) is 9.07 Å². The van der Waals surface area contributed by atoms with Crippen LogP contribution in [-0.4, -0.2) is 9.78 Å². The molecule has 106 valence electrons. The molecule has 21 heavy (non-hydrogen) atoms. The Morgan fingerprint density at radius 1 is 1.05 bits per heavy atom. The topological polar surface area (TPSA) is 17.8 Å². The van der Waals surface area contributed by atoms with Crippen LogP contribution >= 0.6 is 31.9 Å². The highest BCUT2D eigenvalue weighted by Gasteiger charge is 2.14. The molecule has 3 rings (SSSR count). The third-order valence-corrected chi connectivity index (χ3v) is 4.85. The zero-order valence-corrected chi connectivity index (χ0v) is 14.1. The summed E-state index contributed by atoms with van der Waals surface area (Å²) in [5.41, 5.74) is 2.81. The summed E-state index contributed by atoms with van der Waals surface area (Å²) in [6.07, 6.45) is 3.72. The van der Waals surface area contributed by atoms with Crippen LogP contribution in [0.5, 0.6) is 0 Å². The Hall–Kier alpha value is -1.46. The van der Waals surface area contributed by atoms with Gasteiger partial charge in [0.15, 0.2) is 0 Å². The van der Waals surface area contributed by atoms with Crippen LogP contribution in [0.3, 0.4) is 0 Å². The molecular formula is C16H11Br2FN2. The van der Waals surface area contributed by atoms with Gasteiger partial charge in [-0.15, -0.1) is 0 Å². The lowest BCUT2D eigenvalue weighted by molar-refractivity contribution is 0.619. The lowest BCUT2D eigenvalue weighted by Crippen LogP contribution is -1.94. The summed E-state index contributed by atoms with van der Waals surface area (Å²) in [6, 6.07) is 15.0. The van der Waals surface area contributed by atoms with Gasteiger partial charge in [0.05, 0.1) is 21.2 Å². The zero-order valence-electron chi connectivity index (χ0n) is 10.9. The second kappa shape index (κ2) is 6.12. The van der Waals surface area contributed by atoms with Crippen LogP contribution in [0.4, 0.5) is 4.39 Å². The standard InChI is InChI=1S/C16H11Br2FN2/c17-14-7-6-11(8-15(14)19)16(18)12-9-20-21(10-12)13-4-2-1-3-5-13/h1-10,16H. The van der Waals surface area contributed by atoms with Crippen LogP contribution in [0.1, 0.15) is 16.0 Å². The summed E-state index contributed by atoms with van der Waals surface area (Å²) >= 11 is 6.77. The first-order valence-electron chi connectivity index (χ1n) is 6.34. The van der Waals surface area contributed by atoms with Gasteiger partial charge in [0.2, 0.25) is 0 Å². The van der Waals surface area contributed by atoms with Crippen LogP contribution in [0.2, 0.25) is 0 Å². The molecular weight excluding hydrogens is 399 g/mol. The first-order chi connectivity index (χ1) is 10.1. The zero-order chi connectivity index (χ0) is 14.8. The lowest BCUT2D eigenvalue weighted by Gasteiger charge is -2.08. The molecule has 5 heteroatoms.